The number of hydrogen-bond acceptors (Lipinski definition) is 2. The molecule has 0 amide bonds. The van der Waals surface area contributed by atoms with Crippen LogP contribution < -0.4 is 0 Å². The van der Waals surface area contributed by atoms with E-state index in [9.17, 15) is 0 Å². The van der Waals surface area contributed by atoms with Gasteiger partial charge in [0.2, 0.25) is 0 Å². The molecule has 0 saturated heterocycles. The molecule has 0 fully saturated rings. The summed E-state index contributed by atoms with van der Waals surface area (Å²) in [6, 6.07) is 40.8. The molecule has 0 N–H and O–H groups in total. The van der Waals surface area contributed by atoms with E-state index in [2.05, 4.69) is 136 Å². The average Bonchev–Trinajstić information content (AvgIpc) is 2.92. The Hall–Kier alpha value is -4.30. The maximum absolute atomic E-state index is 5.07. The third kappa shape index (κ3) is 4.05. The summed E-state index contributed by atoms with van der Waals surface area (Å²) in [7, 11) is 0. The predicted molar refractivity (Wildman–Crippen MR) is 152 cm³/mol. The molecule has 0 atom stereocenters. The van der Waals surface area contributed by atoms with E-state index in [4.69, 9.17) is 9.97 Å². The van der Waals surface area contributed by atoms with Gasteiger partial charge in [0, 0.05) is 16.5 Å². The zero-order chi connectivity index (χ0) is 24.7. The van der Waals surface area contributed by atoms with E-state index in [1.165, 1.54) is 32.7 Å². The summed E-state index contributed by atoms with van der Waals surface area (Å²) in [5.74, 6) is 0.846. The lowest BCUT2D eigenvalue weighted by Crippen LogP contribution is -2.17. The molecule has 36 heavy (non-hydrogen) atoms. The highest BCUT2D eigenvalue weighted by atomic mass is 14.9. The van der Waals surface area contributed by atoms with Crippen LogP contribution in [-0.4, -0.2) is 9.97 Å². The van der Waals surface area contributed by atoms with E-state index in [1.54, 1.807) is 0 Å². The highest BCUT2D eigenvalue weighted by Gasteiger charge is 2.21. The number of hydrogen-bond donors (Lipinski definition) is 0. The first kappa shape index (κ1) is 22.2. The summed E-state index contributed by atoms with van der Waals surface area (Å²) in [5.41, 5.74) is 6.36. The lowest BCUT2D eigenvalue weighted by Gasteiger charge is -2.19. The van der Waals surface area contributed by atoms with Crippen molar-refractivity contribution in [3.63, 3.8) is 0 Å². The highest BCUT2D eigenvalue weighted by Crippen LogP contribution is 2.34. The molecule has 1 aromatic heterocycles. The van der Waals surface area contributed by atoms with Crippen molar-refractivity contribution in [3.8, 4) is 33.6 Å². The molecule has 6 aromatic rings. The van der Waals surface area contributed by atoms with Crippen molar-refractivity contribution in [3.05, 3.63) is 121 Å². The van der Waals surface area contributed by atoms with Gasteiger partial charge in [-0.3, -0.25) is 0 Å². The molecule has 1 heterocycles. The standard InChI is InChI=1S/C34H28N2/c1-34(2,3)33-35-31(22-32(36-33)30-20-10-14-24-12-5-7-18-28(24)30)26-16-8-15-25(21-26)29-19-9-13-23-11-4-6-17-27(23)29/h4-22H,1-3H3. The fraction of sp³-hybridized carbons (Fsp3) is 0.118. The molecule has 0 aliphatic heterocycles. The number of rotatable bonds is 3. The minimum absolute atomic E-state index is 0.178. The summed E-state index contributed by atoms with van der Waals surface area (Å²) in [6.07, 6.45) is 0. The fourth-order valence-electron chi connectivity index (χ4n) is 4.84. The molecule has 0 saturated carbocycles. The average molecular weight is 465 g/mol. The summed E-state index contributed by atoms with van der Waals surface area (Å²) in [6.45, 7) is 6.52. The van der Waals surface area contributed by atoms with Crippen LogP contribution in [0.4, 0.5) is 0 Å². The maximum Gasteiger partial charge on any atom is 0.135 e. The van der Waals surface area contributed by atoms with Crippen LogP contribution in [0.25, 0.3) is 55.2 Å². The monoisotopic (exact) mass is 464 g/mol. The van der Waals surface area contributed by atoms with E-state index in [0.29, 0.717) is 0 Å². The van der Waals surface area contributed by atoms with Gasteiger partial charge in [-0.25, -0.2) is 9.97 Å². The van der Waals surface area contributed by atoms with Gasteiger partial charge in [-0.05, 0) is 44.8 Å². The SMILES string of the molecule is CC(C)(C)c1nc(-c2cccc(-c3cccc4ccccc34)c2)cc(-c2cccc3ccccc23)n1. The maximum atomic E-state index is 5.07. The van der Waals surface area contributed by atoms with Gasteiger partial charge < -0.3 is 0 Å². The Balaban J connectivity index is 1.54. The van der Waals surface area contributed by atoms with E-state index >= 15 is 0 Å². The first-order valence-corrected chi connectivity index (χ1v) is 12.4. The van der Waals surface area contributed by atoms with Gasteiger partial charge in [-0.1, -0.05) is 124 Å². The molecule has 0 aliphatic carbocycles. The lowest BCUT2D eigenvalue weighted by atomic mass is 9.93. The van der Waals surface area contributed by atoms with Gasteiger partial charge in [0.05, 0.1) is 11.4 Å². The Labute approximate surface area is 212 Å². The van der Waals surface area contributed by atoms with Crippen molar-refractivity contribution < 1.29 is 0 Å². The van der Waals surface area contributed by atoms with Crippen LogP contribution in [0.15, 0.2) is 115 Å². The second-order valence-corrected chi connectivity index (χ2v) is 10.3. The molecule has 2 heteroatoms. The van der Waals surface area contributed by atoms with Crippen molar-refractivity contribution in [2.24, 2.45) is 0 Å². The summed E-state index contributed by atoms with van der Waals surface area (Å²) >= 11 is 0. The first-order valence-electron chi connectivity index (χ1n) is 12.4. The Morgan fingerprint density at radius 3 is 1.69 bits per heavy atom. The number of fused-ring (bicyclic) bond motifs is 2. The van der Waals surface area contributed by atoms with Gasteiger partial charge in [0.15, 0.2) is 0 Å². The smallest absolute Gasteiger partial charge is 0.135 e. The topological polar surface area (TPSA) is 25.8 Å². The molecule has 0 aliphatic rings. The number of benzene rings is 5. The van der Waals surface area contributed by atoms with Crippen molar-refractivity contribution in [2.75, 3.05) is 0 Å². The first-order chi connectivity index (χ1) is 17.5. The van der Waals surface area contributed by atoms with Crippen molar-refractivity contribution >= 4 is 21.5 Å². The van der Waals surface area contributed by atoms with Gasteiger partial charge in [0.25, 0.3) is 0 Å². The van der Waals surface area contributed by atoms with Crippen molar-refractivity contribution in [1.82, 2.24) is 9.97 Å². The molecule has 0 radical (unpaired) electrons. The Bertz CT molecular complexity index is 1710. The Kier molecular flexibility index (Phi) is 5.38. The fourth-order valence-corrected chi connectivity index (χ4v) is 4.84. The zero-order valence-corrected chi connectivity index (χ0v) is 20.9. The second-order valence-electron chi connectivity index (χ2n) is 10.3. The lowest BCUT2D eigenvalue weighted by molar-refractivity contribution is 0.547. The summed E-state index contributed by atoms with van der Waals surface area (Å²) in [4.78, 5) is 10.1. The van der Waals surface area contributed by atoms with Crippen molar-refractivity contribution in [1.29, 1.82) is 0 Å². The molecule has 5 aromatic carbocycles. The molecule has 0 unspecified atom stereocenters. The highest BCUT2D eigenvalue weighted by molar-refractivity contribution is 5.98. The quantitative estimate of drug-likeness (QED) is 0.261. The van der Waals surface area contributed by atoms with Crippen LogP contribution in [-0.2, 0) is 5.41 Å². The van der Waals surface area contributed by atoms with Crippen LogP contribution in [0.2, 0.25) is 0 Å². The molecule has 2 nitrogen and oxygen atoms in total. The minimum Gasteiger partial charge on any atom is -0.232 e. The number of aromatic nitrogens is 2. The van der Waals surface area contributed by atoms with E-state index in [-0.39, 0.29) is 5.41 Å². The van der Waals surface area contributed by atoms with Crippen LogP contribution in [0.1, 0.15) is 26.6 Å². The van der Waals surface area contributed by atoms with Gasteiger partial charge in [-0.15, -0.1) is 0 Å². The normalized spacial score (nSPS) is 11.8. The van der Waals surface area contributed by atoms with E-state index in [1.807, 2.05) is 0 Å². The predicted octanol–water partition coefficient (Wildman–Crippen LogP) is 9.08. The largest absolute Gasteiger partial charge is 0.232 e. The van der Waals surface area contributed by atoms with E-state index in [0.717, 1.165) is 28.3 Å². The zero-order valence-electron chi connectivity index (χ0n) is 20.9. The molecule has 0 bridgehead atoms. The van der Waals surface area contributed by atoms with Crippen LogP contribution in [0.5, 0.6) is 0 Å². The molecule has 0 spiro atoms. The van der Waals surface area contributed by atoms with Crippen LogP contribution in [0.3, 0.4) is 0 Å². The summed E-state index contributed by atoms with van der Waals surface area (Å²) in [5, 5.41) is 4.92. The van der Waals surface area contributed by atoms with Gasteiger partial charge >= 0.3 is 0 Å². The second kappa shape index (κ2) is 8.73. The third-order valence-electron chi connectivity index (χ3n) is 6.72. The Morgan fingerprint density at radius 2 is 1.00 bits per heavy atom. The van der Waals surface area contributed by atoms with E-state index < -0.39 is 0 Å². The molecule has 174 valence electrons. The number of nitrogens with zero attached hydrogens (tertiary/aromatic N) is 2. The van der Waals surface area contributed by atoms with Gasteiger partial charge in [0.1, 0.15) is 5.82 Å². The van der Waals surface area contributed by atoms with Crippen LogP contribution in [0, 0.1) is 0 Å². The Morgan fingerprint density at radius 1 is 0.472 bits per heavy atom. The van der Waals surface area contributed by atoms with Gasteiger partial charge in [-0.2, -0.15) is 0 Å². The third-order valence-corrected chi connectivity index (χ3v) is 6.72. The summed E-state index contributed by atoms with van der Waals surface area (Å²) < 4.78 is 0. The molecular weight excluding hydrogens is 436 g/mol. The van der Waals surface area contributed by atoms with Crippen LogP contribution >= 0.6 is 0 Å². The molecule has 6 rings (SSSR count). The molecular formula is C34H28N2. The van der Waals surface area contributed by atoms with Crippen molar-refractivity contribution in [2.45, 2.75) is 26.2 Å². The minimum atomic E-state index is -0.178.